The van der Waals surface area contributed by atoms with E-state index in [1.807, 2.05) is 25.1 Å². The van der Waals surface area contributed by atoms with Crippen LogP contribution in [0.25, 0.3) is 0 Å². The maximum absolute atomic E-state index is 12.8. The molecule has 27 heavy (non-hydrogen) atoms. The number of hydrogen-bond acceptors (Lipinski definition) is 5. The molecule has 0 radical (unpaired) electrons. The molecule has 1 amide bonds. The standard InChI is InChI=1S/C20H24BrNO5/c1-3-25-11-13-27-19-7-5-4-6-17(19)22-20(23)16-14-15(21)8-9-18(16)26-12-10-24-2/h4-9,14H,3,10-13H2,1-2H3,(H,22,23). The van der Waals surface area contributed by atoms with Crippen molar-refractivity contribution in [3.8, 4) is 11.5 Å². The first kappa shape index (κ1) is 21.2. The third-order valence-electron chi connectivity index (χ3n) is 3.56. The maximum atomic E-state index is 12.8. The minimum Gasteiger partial charge on any atom is -0.490 e. The number of rotatable bonds is 11. The molecule has 0 saturated carbocycles. The normalized spacial score (nSPS) is 10.5. The van der Waals surface area contributed by atoms with Gasteiger partial charge < -0.3 is 24.3 Å². The lowest BCUT2D eigenvalue weighted by atomic mass is 10.1. The molecule has 146 valence electrons. The van der Waals surface area contributed by atoms with Crippen LogP contribution in [-0.4, -0.2) is 46.1 Å². The Morgan fingerprint density at radius 2 is 1.74 bits per heavy atom. The Balaban J connectivity index is 2.12. The summed E-state index contributed by atoms with van der Waals surface area (Å²) in [6, 6.07) is 12.6. The van der Waals surface area contributed by atoms with Crippen molar-refractivity contribution < 1.29 is 23.7 Å². The van der Waals surface area contributed by atoms with Gasteiger partial charge in [0, 0.05) is 18.2 Å². The van der Waals surface area contributed by atoms with Crippen molar-refractivity contribution in [2.75, 3.05) is 45.5 Å². The van der Waals surface area contributed by atoms with Gasteiger partial charge in [-0.3, -0.25) is 4.79 Å². The van der Waals surface area contributed by atoms with Crippen LogP contribution in [0.4, 0.5) is 5.69 Å². The Morgan fingerprint density at radius 3 is 2.52 bits per heavy atom. The lowest BCUT2D eigenvalue weighted by Gasteiger charge is -2.15. The first-order valence-electron chi connectivity index (χ1n) is 8.68. The van der Waals surface area contributed by atoms with E-state index in [0.29, 0.717) is 55.8 Å². The van der Waals surface area contributed by atoms with Gasteiger partial charge in [-0.05, 0) is 37.3 Å². The number of ether oxygens (including phenoxy) is 4. The molecular formula is C20H24BrNO5. The summed E-state index contributed by atoms with van der Waals surface area (Å²) < 4.78 is 22.4. The van der Waals surface area contributed by atoms with Crippen molar-refractivity contribution in [3.63, 3.8) is 0 Å². The number of nitrogens with one attached hydrogen (secondary N) is 1. The monoisotopic (exact) mass is 437 g/mol. The summed E-state index contributed by atoms with van der Waals surface area (Å²) in [5, 5.41) is 2.89. The van der Waals surface area contributed by atoms with E-state index < -0.39 is 0 Å². The van der Waals surface area contributed by atoms with Crippen LogP contribution in [0.1, 0.15) is 17.3 Å². The first-order chi connectivity index (χ1) is 13.2. The Labute approximate surface area is 167 Å². The highest BCUT2D eigenvalue weighted by atomic mass is 79.9. The second-order valence-corrected chi connectivity index (χ2v) is 6.39. The summed E-state index contributed by atoms with van der Waals surface area (Å²) in [5.41, 5.74) is 1.01. The Bertz CT molecular complexity index is 738. The molecule has 0 heterocycles. The number of carbonyl (C=O) groups excluding carboxylic acids is 1. The third kappa shape index (κ3) is 6.86. The summed E-state index contributed by atoms with van der Waals surface area (Å²) in [4.78, 5) is 12.8. The molecule has 0 aliphatic carbocycles. The lowest BCUT2D eigenvalue weighted by molar-refractivity contribution is 0.101. The predicted molar refractivity (Wildman–Crippen MR) is 108 cm³/mol. The van der Waals surface area contributed by atoms with Crippen LogP contribution in [0.3, 0.4) is 0 Å². The van der Waals surface area contributed by atoms with Gasteiger partial charge in [-0.15, -0.1) is 0 Å². The Morgan fingerprint density at radius 1 is 1.00 bits per heavy atom. The summed E-state index contributed by atoms with van der Waals surface area (Å²) in [6.07, 6.45) is 0. The van der Waals surface area contributed by atoms with Crippen molar-refractivity contribution in [3.05, 3.63) is 52.5 Å². The van der Waals surface area contributed by atoms with E-state index in [1.165, 1.54) is 0 Å². The number of carbonyl (C=O) groups is 1. The number of methoxy groups -OCH3 is 1. The topological polar surface area (TPSA) is 66.0 Å². The number of para-hydroxylation sites is 2. The largest absolute Gasteiger partial charge is 0.490 e. The molecule has 2 aromatic carbocycles. The van der Waals surface area contributed by atoms with E-state index in [4.69, 9.17) is 18.9 Å². The molecule has 0 atom stereocenters. The molecule has 7 heteroatoms. The first-order valence-corrected chi connectivity index (χ1v) is 9.47. The van der Waals surface area contributed by atoms with Gasteiger partial charge in [0.15, 0.2) is 0 Å². The van der Waals surface area contributed by atoms with Gasteiger partial charge in [0.05, 0.1) is 24.5 Å². The van der Waals surface area contributed by atoms with E-state index in [2.05, 4.69) is 21.2 Å². The maximum Gasteiger partial charge on any atom is 0.259 e. The van der Waals surface area contributed by atoms with Crippen LogP contribution in [0, 0.1) is 0 Å². The van der Waals surface area contributed by atoms with Crippen molar-refractivity contribution >= 4 is 27.5 Å². The summed E-state index contributed by atoms with van der Waals surface area (Å²) in [6.45, 7) is 4.25. The minimum absolute atomic E-state index is 0.287. The van der Waals surface area contributed by atoms with Crippen LogP contribution in [0.2, 0.25) is 0 Å². The molecule has 0 aliphatic heterocycles. The highest BCUT2D eigenvalue weighted by Gasteiger charge is 2.15. The molecule has 0 aliphatic rings. The Hall–Kier alpha value is -2.09. The molecule has 0 aromatic heterocycles. The van der Waals surface area contributed by atoms with Gasteiger partial charge in [-0.1, -0.05) is 28.1 Å². The van der Waals surface area contributed by atoms with Gasteiger partial charge in [0.1, 0.15) is 24.7 Å². The molecule has 0 bridgehead atoms. The minimum atomic E-state index is -0.287. The van der Waals surface area contributed by atoms with Crippen molar-refractivity contribution in [1.29, 1.82) is 0 Å². The third-order valence-corrected chi connectivity index (χ3v) is 4.05. The number of benzene rings is 2. The molecule has 0 unspecified atom stereocenters. The van der Waals surface area contributed by atoms with E-state index in [1.54, 1.807) is 31.4 Å². The fraction of sp³-hybridized carbons (Fsp3) is 0.350. The highest BCUT2D eigenvalue weighted by Crippen LogP contribution is 2.28. The number of anilines is 1. The van der Waals surface area contributed by atoms with Gasteiger partial charge in [0.2, 0.25) is 0 Å². The fourth-order valence-electron chi connectivity index (χ4n) is 2.28. The summed E-state index contributed by atoms with van der Waals surface area (Å²) >= 11 is 3.40. The summed E-state index contributed by atoms with van der Waals surface area (Å²) in [7, 11) is 1.60. The van der Waals surface area contributed by atoms with E-state index in [-0.39, 0.29) is 5.91 Å². The summed E-state index contributed by atoms with van der Waals surface area (Å²) in [5.74, 6) is 0.787. The molecule has 0 saturated heterocycles. The quantitative estimate of drug-likeness (QED) is 0.535. The molecule has 2 rings (SSSR count). The number of hydrogen-bond donors (Lipinski definition) is 1. The zero-order chi connectivity index (χ0) is 19.5. The predicted octanol–water partition coefficient (Wildman–Crippen LogP) is 4.14. The smallest absolute Gasteiger partial charge is 0.259 e. The van der Waals surface area contributed by atoms with Crippen molar-refractivity contribution in [2.24, 2.45) is 0 Å². The molecule has 0 spiro atoms. The van der Waals surface area contributed by atoms with E-state index in [9.17, 15) is 4.79 Å². The van der Waals surface area contributed by atoms with Gasteiger partial charge in [-0.2, -0.15) is 0 Å². The zero-order valence-electron chi connectivity index (χ0n) is 15.5. The van der Waals surface area contributed by atoms with Gasteiger partial charge in [0.25, 0.3) is 5.91 Å². The van der Waals surface area contributed by atoms with Crippen LogP contribution in [0.15, 0.2) is 46.9 Å². The highest BCUT2D eigenvalue weighted by molar-refractivity contribution is 9.10. The van der Waals surface area contributed by atoms with Crippen LogP contribution in [0.5, 0.6) is 11.5 Å². The fourth-order valence-corrected chi connectivity index (χ4v) is 2.64. The van der Waals surface area contributed by atoms with Gasteiger partial charge >= 0.3 is 0 Å². The molecule has 1 N–H and O–H groups in total. The average Bonchev–Trinajstić information content (AvgIpc) is 2.67. The van der Waals surface area contributed by atoms with Crippen molar-refractivity contribution in [2.45, 2.75) is 6.92 Å². The van der Waals surface area contributed by atoms with Crippen LogP contribution < -0.4 is 14.8 Å². The Kier molecular flexibility index (Phi) is 9.10. The van der Waals surface area contributed by atoms with Crippen LogP contribution in [-0.2, 0) is 9.47 Å². The second kappa shape index (κ2) is 11.6. The number of halogens is 1. The second-order valence-electron chi connectivity index (χ2n) is 5.48. The van der Waals surface area contributed by atoms with E-state index in [0.717, 1.165) is 4.47 Å². The van der Waals surface area contributed by atoms with Crippen LogP contribution >= 0.6 is 15.9 Å². The molecular weight excluding hydrogens is 414 g/mol. The SMILES string of the molecule is CCOCCOc1ccccc1NC(=O)c1cc(Br)ccc1OCCOC. The lowest BCUT2D eigenvalue weighted by Crippen LogP contribution is -2.16. The van der Waals surface area contributed by atoms with Crippen molar-refractivity contribution in [1.82, 2.24) is 0 Å². The number of amides is 1. The molecule has 2 aromatic rings. The van der Waals surface area contributed by atoms with Gasteiger partial charge in [-0.25, -0.2) is 0 Å². The molecule has 0 fully saturated rings. The zero-order valence-corrected chi connectivity index (χ0v) is 17.1. The van der Waals surface area contributed by atoms with E-state index >= 15 is 0 Å². The molecule has 6 nitrogen and oxygen atoms in total. The average molecular weight is 438 g/mol.